The molecule has 0 spiro atoms. The molecule has 0 aromatic heterocycles. The fraction of sp³-hybridized carbons (Fsp3) is 0.833. The van der Waals surface area contributed by atoms with Crippen LogP contribution >= 0.6 is 0 Å². The predicted molar refractivity (Wildman–Crippen MR) is 121 cm³/mol. The van der Waals surface area contributed by atoms with E-state index in [1.807, 2.05) is 0 Å². The Labute approximate surface area is 175 Å². The molecule has 0 bridgehead atoms. The third kappa shape index (κ3) is 18.4. The number of unbranched alkanes of at least 4 members (excludes halogenated alkanes) is 14. The molecule has 0 amide bonds. The average molecular weight is 411 g/mol. The lowest BCUT2D eigenvalue weighted by atomic mass is 10.0. The Morgan fingerprint density at radius 1 is 0.750 bits per heavy atom. The van der Waals surface area contributed by atoms with Gasteiger partial charge in [0.1, 0.15) is 0 Å². The molecule has 0 saturated carbocycles. The van der Waals surface area contributed by atoms with Gasteiger partial charge in [-0.1, -0.05) is 103 Å². The van der Waals surface area contributed by atoms with Crippen LogP contribution in [0.4, 0.5) is 0 Å². The second-order valence-electron chi connectivity index (χ2n) is 7.86. The van der Waals surface area contributed by atoms with Crippen LogP contribution in [0.15, 0.2) is 0 Å². The number of hydrogen-bond acceptors (Lipinski definition) is 2. The SMILES string of the molecule is C#CC#CCCCCCCCCC(CCCCCCCCCCC)S(=O)(=O)O. The van der Waals surface area contributed by atoms with Crippen LogP contribution in [-0.2, 0) is 10.1 Å². The molecule has 0 aliphatic carbocycles. The summed E-state index contributed by atoms with van der Waals surface area (Å²) >= 11 is 0. The topological polar surface area (TPSA) is 54.4 Å². The lowest BCUT2D eigenvalue weighted by Crippen LogP contribution is -2.20. The maximum atomic E-state index is 11.6. The van der Waals surface area contributed by atoms with Gasteiger partial charge in [0.05, 0.1) is 5.25 Å². The summed E-state index contributed by atoms with van der Waals surface area (Å²) < 4.78 is 32.7. The van der Waals surface area contributed by atoms with Crippen molar-refractivity contribution in [3.05, 3.63) is 0 Å². The van der Waals surface area contributed by atoms with Crippen LogP contribution in [0.1, 0.15) is 122 Å². The van der Waals surface area contributed by atoms with Gasteiger partial charge in [-0.25, -0.2) is 0 Å². The first-order valence-electron chi connectivity index (χ1n) is 11.4. The van der Waals surface area contributed by atoms with Crippen LogP contribution in [-0.4, -0.2) is 18.2 Å². The highest BCUT2D eigenvalue weighted by Crippen LogP contribution is 2.19. The van der Waals surface area contributed by atoms with Crippen molar-refractivity contribution in [3.63, 3.8) is 0 Å². The minimum atomic E-state index is -3.91. The minimum Gasteiger partial charge on any atom is -0.285 e. The molecule has 1 unspecified atom stereocenters. The van der Waals surface area contributed by atoms with E-state index in [0.717, 1.165) is 57.8 Å². The Bertz CT molecular complexity index is 549. The molecule has 0 aliphatic rings. The second kappa shape index (κ2) is 19.4. The maximum absolute atomic E-state index is 11.6. The highest BCUT2D eigenvalue weighted by atomic mass is 32.2. The van der Waals surface area contributed by atoms with E-state index in [0.29, 0.717) is 12.8 Å². The maximum Gasteiger partial charge on any atom is 0.267 e. The van der Waals surface area contributed by atoms with Gasteiger partial charge in [0.15, 0.2) is 0 Å². The molecule has 0 aromatic carbocycles. The first-order valence-corrected chi connectivity index (χ1v) is 12.9. The van der Waals surface area contributed by atoms with Crippen LogP contribution in [0.2, 0.25) is 0 Å². The van der Waals surface area contributed by atoms with E-state index < -0.39 is 15.4 Å². The van der Waals surface area contributed by atoms with Crippen LogP contribution in [0.25, 0.3) is 0 Å². The molecule has 0 aromatic rings. The van der Waals surface area contributed by atoms with Gasteiger partial charge in [0.25, 0.3) is 10.1 Å². The summed E-state index contributed by atoms with van der Waals surface area (Å²) in [6, 6.07) is 0. The lowest BCUT2D eigenvalue weighted by molar-refractivity contribution is 0.442. The molecule has 0 aliphatic heterocycles. The highest BCUT2D eigenvalue weighted by Gasteiger charge is 2.21. The monoisotopic (exact) mass is 410 g/mol. The molecule has 0 fully saturated rings. The van der Waals surface area contributed by atoms with E-state index in [9.17, 15) is 13.0 Å². The van der Waals surface area contributed by atoms with Gasteiger partial charge in [-0.15, -0.1) is 6.42 Å². The molecule has 28 heavy (non-hydrogen) atoms. The smallest absolute Gasteiger partial charge is 0.267 e. The molecule has 1 N–H and O–H groups in total. The second-order valence-corrected chi connectivity index (χ2v) is 9.56. The molecule has 1 atom stereocenters. The third-order valence-corrected chi connectivity index (χ3v) is 6.60. The van der Waals surface area contributed by atoms with E-state index >= 15 is 0 Å². The summed E-state index contributed by atoms with van der Waals surface area (Å²) in [6.45, 7) is 2.23. The van der Waals surface area contributed by atoms with Gasteiger partial charge in [-0.05, 0) is 31.1 Å². The van der Waals surface area contributed by atoms with Crippen LogP contribution in [0.5, 0.6) is 0 Å². The number of hydrogen-bond donors (Lipinski definition) is 1. The van der Waals surface area contributed by atoms with Crippen LogP contribution in [0, 0.1) is 24.2 Å². The predicted octanol–water partition coefficient (Wildman–Crippen LogP) is 6.92. The Morgan fingerprint density at radius 2 is 1.18 bits per heavy atom. The van der Waals surface area contributed by atoms with E-state index in [1.165, 1.54) is 44.9 Å². The van der Waals surface area contributed by atoms with Gasteiger partial charge < -0.3 is 0 Å². The molecule has 4 heteroatoms. The fourth-order valence-electron chi connectivity index (χ4n) is 3.53. The van der Waals surface area contributed by atoms with Crippen LogP contribution < -0.4 is 0 Å². The summed E-state index contributed by atoms with van der Waals surface area (Å²) in [5.41, 5.74) is 0. The highest BCUT2D eigenvalue weighted by molar-refractivity contribution is 7.86. The summed E-state index contributed by atoms with van der Waals surface area (Å²) in [4.78, 5) is 0. The molecule has 3 nitrogen and oxygen atoms in total. The fourth-order valence-corrected chi connectivity index (χ4v) is 4.46. The van der Waals surface area contributed by atoms with Crippen molar-refractivity contribution < 1.29 is 13.0 Å². The van der Waals surface area contributed by atoms with Gasteiger partial charge in [-0.2, -0.15) is 8.42 Å². The van der Waals surface area contributed by atoms with Gasteiger partial charge in [-0.3, -0.25) is 4.55 Å². The summed E-state index contributed by atoms with van der Waals surface area (Å²) in [7, 11) is -3.91. The van der Waals surface area contributed by atoms with E-state index in [-0.39, 0.29) is 0 Å². The normalized spacial score (nSPS) is 12.2. The first kappa shape index (κ1) is 27.0. The van der Waals surface area contributed by atoms with Crippen molar-refractivity contribution >= 4 is 10.1 Å². The minimum absolute atomic E-state index is 0.573. The zero-order valence-electron chi connectivity index (χ0n) is 18.1. The van der Waals surface area contributed by atoms with E-state index in [4.69, 9.17) is 6.42 Å². The molecular formula is C24H42O3S. The molecular weight excluding hydrogens is 368 g/mol. The zero-order chi connectivity index (χ0) is 20.9. The molecule has 0 heterocycles. The summed E-state index contributed by atoms with van der Waals surface area (Å²) in [6.07, 6.45) is 24.4. The Hall–Kier alpha value is -0.970. The van der Waals surface area contributed by atoms with E-state index in [2.05, 4.69) is 24.7 Å². The molecule has 0 rings (SSSR count). The standard InChI is InChI=1S/C24H42O3S/c1-3-5-7-9-11-13-15-17-19-21-23-24(28(25,26)27)22-20-18-16-14-12-10-8-6-4-2/h1,24H,4,6,8-23H2,2H3,(H,25,26,27). The van der Waals surface area contributed by atoms with Gasteiger partial charge in [0, 0.05) is 6.42 Å². The summed E-state index contributed by atoms with van der Waals surface area (Å²) in [5.74, 6) is 7.86. The van der Waals surface area contributed by atoms with Gasteiger partial charge >= 0.3 is 0 Å². The Morgan fingerprint density at radius 3 is 1.61 bits per heavy atom. The van der Waals surface area contributed by atoms with Crippen molar-refractivity contribution in [2.24, 2.45) is 0 Å². The average Bonchev–Trinajstić information content (AvgIpc) is 2.65. The van der Waals surface area contributed by atoms with Crippen molar-refractivity contribution in [1.82, 2.24) is 0 Å². The largest absolute Gasteiger partial charge is 0.285 e. The number of terminal acetylenes is 1. The van der Waals surface area contributed by atoms with Crippen LogP contribution in [0.3, 0.4) is 0 Å². The van der Waals surface area contributed by atoms with Crippen molar-refractivity contribution in [2.45, 2.75) is 128 Å². The quantitative estimate of drug-likeness (QED) is 0.143. The zero-order valence-corrected chi connectivity index (χ0v) is 18.9. The molecule has 162 valence electrons. The van der Waals surface area contributed by atoms with Gasteiger partial charge in [0.2, 0.25) is 0 Å². The molecule has 0 saturated heterocycles. The summed E-state index contributed by atoms with van der Waals surface area (Å²) in [5, 5.41) is -0.573. The molecule has 0 radical (unpaired) electrons. The number of rotatable bonds is 19. The third-order valence-electron chi connectivity index (χ3n) is 5.29. The Kier molecular flexibility index (Phi) is 18.7. The lowest BCUT2D eigenvalue weighted by Gasteiger charge is -2.13. The van der Waals surface area contributed by atoms with Crippen molar-refractivity contribution in [1.29, 1.82) is 0 Å². The van der Waals surface area contributed by atoms with Crippen molar-refractivity contribution in [2.75, 3.05) is 0 Å². The van der Waals surface area contributed by atoms with Crippen molar-refractivity contribution in [3.8, 4) is 24.2 Å². The van der Waals surface area contributed by atoms with E-state index in [1.54, 1.807) is 0 Å². The Balaban J connectivity index is 3.71. The first-order chi connectivity index (χ1) is 13.5.